The molecule has 0 aliphatic heterocycles. The molecule has 0 saturated carbocycles. The van der Waals surface area contributed by atoms with Crippen molar-refractivity contribution in [2.45, 2.75) is 11.8 Å². The molecule has 4 nitrogen and oxygen atoms in total. The zero-order valence-electron chi connectivity index (χ0n) is 9.97. The SMILES string of the molecule is COC(=O)c1cccc(N)c1SCC(C)CO. The molecule has 94 valence electrons. The molecule has 3 N–H and O–H groups in total. The highest BCUT2D eigenvalue weighted by Crippen LogP contribution is 2.30. The normalized spacial score (nSPS) is 12.2. The van der Waals surface area contributed by atoms with Gasteiger partial charge in [0, 0.05) is 22.9 Å². The van der Waals surface area contributed by atoms with Gasteiger partial charge in [0.2, 0.25) is 0 Å². The average Bonchev–Trinajstić information content (AvgIpc) is 2.35. The Labute approximate surface area is 105 Å². The Balaban J connectivity index is 2.92. The number of rotatable bonds is 5. The maximum atomic E-state index is 11.6. The Hall–Kier alpha value is -1.20. The molecule has 1 aromatic carbocycles. The summed E-state index contributed by atoms with van der Waals surface area (Å²) in [6.07, 6.45) is 0. The summed E-state index contributed by atoms with van der Waals surface area (Å²) in [6.45, 7) is 2.05. The number of nitrogen functional groups attached to an aromatic ring is 1. The number of esters is 1. The van der Waals surface area contributed by atoms with Gasteiger partial charge in [-0.05, 0) is 18.1 Å². The highest BCUT2D eigenvalue weighted by molar-refractivity contribution is 7.99. The second kappa shape index (κ2) is 6.51. The zero-order chi connectivity index (χ0) is 12.8. The zero-order valence-corrected chi connectivity index (χ0v) is 10.8. The van der Waals surface area contributed by atoms with Crippen molar-refractivity contribution in [3.63, 3.8) is 0 Å². The number of nitrogens with two attached hydrogens (primary N) is 1. The molecule has 0 bridgehead atoms. The van der Waals surface area contributed by atoms with Crippen molar-refractivity contribution in [1.29, 1.82) is 0 Å². The van der Waals surface area contributed by atoms with Crippen molar-refractivity contribution in [2.24, 2.45) is 5.92 Å². The fourth-order valence-corrected chi connectivity index (χ4v) is 2.36. The van der Waals surface area contributed by atoms with E-state index in [1.807, 2.05) is 6.92 Å². The monoisotopic (exact) mass is 255 g/mol. The number of aliphatic hydroxyl groups excluding tert-OH is 1. The molecule has 0 amide bonds. The summed E-state index contributed by atoms with van der Waals surface area (Å²) < 4.78 is 4.71. The number of carbonyl (C=O) groups is 1. The first kappa shape index (κ1) is 13.9. The number of thioether (sulfide) groups is 1. The summed E-state index contributed by atoms with van der Waals surface area (Å²) in [5.41, 5.74) is 6.88. The molecule has 0 spiro atoms. The Morgan fingerprint density at radius 1 is 1.59 bits per heavy atom. The predicted molar refractivity (Wildman–Crippen MR) is 69.2 cm³/mol. The molecule has 0 aliphatic carbocycles. The van der Waals surface area contributed by atoms with Crippen LogP contribution in [0.4, 0.5) is 5.69 Å². The largest absolute Gasteiger partial charge is 0.465 e. The van der Waals surface area contributed by atoms with E-state index < -0.39 is 5.97 Å². The lowest BCUT2D eigenvalue weighted by molar-refractivity contribution is 0.0597. The van der Waals surface area contributed by atoms with Crippen molar-refractivity contribution in [2.75, 3.05) is 25.2 Å². The summed E-state index contributed by atoms with van der Waals surface area (Å²) in [5, 5.41) is 8.97. The van der Waals surface area contributed by atoms with Crippen molar-refractivity contribution >= 4 is 23.4 Å². The van der Waals surface area contributed by atoms with E-state index in [1.54, 1.807) is 18.2 Å². The van der Waals surface area contributed by atoms with Crippen LogP contribution in [0.25, 0.3) is 0 Å². The number of benzene rings is 1. The standard InChI is InChI=1S/C12H17NO3S/c1-8(6-14)7-17-11-9(12(15)16-2)4-3-5-10(11)13/h3-5,8,14H,6-7,13H2,1-2H3. The number of hydrogen-bond acceptors (Lipinski definition) is 5. The summed E-state index contributed by atoms with van der Waals surface area (Å²) in [6, 6.07) is 5.16. The minimum atomic E-state index is -0.392. The summed E-state index contributed by atoms with van der Waals surface area (Å²) in [5.74, 6) is 0.468. The number of carbonyl (C=O) groups excluding carboxylic acids is 1. The first-order valence-electron chi connectivity index (χ1n) is 5.30. The third-order valence-corrected chi connectivity index (χ3v) is 3.75. The Bertz CT molecular complexity index is 395. The van der Waals surface area contributed by atoms with Crippen LogP contribution >= 0.6 is 11.8 Å². The summed E-state index contributed by atoms with van der Waals surface area (Å²) in [4.78, 5) is 12.3. The van der Waals surface area contributed by atoms with Crippen molar-refractivity contribution in [1.82, 2.24) is 0 Å². The van der Waals surface area contributed by atoms with Gasteiger partial charge in [0.05, 0.1) is 12.7 Å². The molecular formula is C12H17NO3S. The third kappa shape index (κ3) is 3.64. The van der Waals surface area contributed by atoms with Crippen LogP contribution in [0.3, 0.4) is 0 Å². The lowest BCUT2D eigenvalue weighted by Crippen LogP contribution is -2.08. The van der Waals surface area contributed by atoms with Gasteiger partial charge in [-0.15, -0.1) is 11.8 Å². The Morgan fingerprint density at radius 2 is 2.29 bits per heavy atom. The molecule has 1 aromatic rings. The molecule has 0 heterocycles. The lowest BCUT2D eigenvalue weighted by Gasteiger charge is -2.12. The molecular weight excluding hydrogens is 238 g/mol. The van der Waals surface area contributed by atoms with Gasteiger partial charge in [-0.25, -0.2) is 4.79 Å². The van der Waals surface area contributed by atoms with Crippen LogP contribution in [0.1, 0.15) is 17.3 Å². The summed E-state index contributed by atoms with van der Waals surface area (Å²) >= 11 is 1.46. The molecule has 5 heteroatoms. The minimum Gasteiger partial charge on any atom is -0.465 e. The predicted octanol–water partition coefficient (Wildman–Crippen LogP) is 1.78. The van der Waals surface area contributed by atoms with Gasteiger partial charge < -0.3 is 15.6 Å². The Morgan fingerprint density at radius 3 is 2.88 bits per heavy atom. The van der Waals surface area contributed by atoms with Gasteiger partial charge >= 0.3 is 5.97 Å². The summed E-state index contributed by atoms with van der Waals surface area (Å²) in [7, 11) is 1.34. The third-order valence-electron chi connectivity index (χ3n) is 2.27. The van der Waals surface area contributed by atoms with Gasteiger partial charge in [0.25, 0.3) is 0 Å². The Kier molecular flexibility index (Phi) is 5.31. The molecule has 0 fully saturated rings. The van der Waals surface area contributed by atoms with Crippen LogP contribution in [0.2, 0.25) is 0 Å². The van der Waals surface area contributed by atoms with Gasteiger partial charge in [-0.2, -0.15) is 0 Å². The van der Waals surface area contributed by atoms with Gasteiger partial charge in [0.1, 0.15) is 0 Å². The smallest absolute Gasteiger partial charge is 0.339 e. The van der Waals surface area contributed by atoms with Crippen molar-refractivity contribution in [3.05, 3.63) is 23.8 Å². The quantitative estimate of drug-likeness (QED) is 0.476. The van der Waals surface area contributed by atoms with E-state index in [1.165, 1.54) is 18.9 Å². The van der Waals surface area contributed by atoms with Crippen LogP contribution in [0, 0.1) is 5.92 Å². The van der Waals surface area contributed by atoms with Crippen molar-refractivity contribution in [3.8, 4) is 0 Å². The number of ether oxygens (including phenoxy) is 1. The van der Waals surface area contributed by atoms with Crippen LogP contribution in [-0.2, 0) is 4.74 Å². The first-order valence-corrected chi connectivity index (χ1v) is 6.29. The highest BCUT2D eigenvalue weighted by atomic mass is 32.2. The average molecular weight is 255 g/mol. The van der Waals surface area contributed by atoms with Crippen LogP contribution in [-0.4, -0.2) is 30.5 Å². The maximum Gasteiger partial charge on any atom is 0.339 e. The first-order chi connectivity index (χ1) is 8.10. The fraction of sp³-hybridized carbons (Fsp3) is 0.417. The number of anilines is 1. The van der Waals surface area contributed by atoms with Gasteiger partial charge in [-0.1, -0.05) is 13.0 Å². The van der Waals surface area contributed by atoms with E-state index in [2.05, 4.69) is 0 Å². The molecule has 0 radical (unpaired) electrons. The second-order valence-corrected chi connectivity index (χ2v) is 4.84. The van der Waals surface area contributed by atoms with Gasteiger partial charge in [-0.3, -0.25) is 0 Å². The van der Waals surface area contributed by atoms with Crippen molar-refractivity contribution < 1.29 is 14.6 Å². The molecule has 17 heavy (non-hydrogen) atoms. The van der Waals surface area contributed by atoms with E-state index in [-0.39, 0.29) is 12.5 Å². The van der Waals surface area contributed by atoms with E-state index in [0.29, 0.717) is 17.0 Å². The van der Waals surface area contributed by atoms with E-state index in [4.69, 9.17) is 15.6 Å². The molecule has 0 aliphatic rings. The van der Waals surface area contributed by atoms with Gasteiger partial charge in [0.15, 0.2) is 0 Å². The molecule has 1 rings (SSSR count). The second-order valence-electron chi connectivity index (χ2n) is 3.81. The lowest BCUT2D eigenvalue weighted by atomic mass is 10.2. The maximum absolute atomic E-state index is 11.6. The number of hydrogen-bond donors (Lipinski definition) is 2. The van der Waals surface area contributed by atoms with E-state index in [9.17, 15) is 4.79 Å². The number of aliphatic hydroxyl groups is 1. The van der Waals surface area contributed by atoms with Crippen LogP contribution < -0.4 is 5.73 Å². The number of methoxy groups -OCH3 is 1. The molecule has 1 unspecified atom stereocenters. The molecule has 1 atom stereocenters. The van der Waals surface area contributed by atoms with E-state index in [0.717, 1.165) is 4.90 Å². The topological polar surface area (TPSA) is 72.5 Å². The van der Waals surface area contributed by atoms with Crippen LogP contribution in [0.15, 0.2) is 23.1 Å². The molecule has 0 saturated heterocycles. The molecule has 0 aromatic heterocycles. The van der Waals surface area contributed by atoms with E-state index >= 15 is 0 Å². The van der Waals surface area contributed by atoms with Crippen LogP contribution in [0.5, 0.6) is 0 Å². The fourth-order valence-electron chi connectivity index (χ4n) is 1.26. The minimum absolute atomic E-state index is 0.118. The highest BCUT2D eigenvalue weighted by Gasteiger charge is 2.15.